The first-order chi connectivity index (χ1) is 10.7. The molecule has 0 atom stereocenters. The van der Waals surface area contributed by atoms with E-state index in [-0.39, 0.29) is 12.1 Å². The summed E-state index contributed by atoms with van der Waals surface area (Å²) in [7, 11) is 0. The summed E-state index contributed by atoms with van der Waals surface area (Å²) in [5.74, 6) is 0. The number of halogens is 1. The number of alkyl carbamates (subject to hydrolysis) is 1. The van der Waals surface area contributed by atoms with Crippen molar-refractivity contribution >= 4 is 23.4 Å². The number of carbonyl (C=O) groups is 1. The van der Waals surface area contributed by atoms with E-state index < -0.39 is 5.60 Å². The molecule has 0 aromatic carbocycles. The normalized spacial score (nSPS) is 21.6. The molecule has 0 saturated heterocycles. The minimum atomic E-state index is -0.456. The number of pyridine rings is 1. The number of ether oxygens (including phenoxy) is 1. The summed E-state index contributed by atoms with van der Waals surface area (Å²) in [6, 6.07) is 2.60. The van der Waals surface area contributed by atoms with E-state index in [0.717, 1.165) is 36.9 Å². The molecule has 1 aromatic heterocycles. The highest BCUT2D eigenvalue weighted by Crippen LogP contribution is 2.24. The molecule has 0 bridgehead atoms. The quantitative estimate of drug-likeness (QED) is 0.806. The molecule has 1 aromatic rings. The van der Waals surface area contributed by atoms with Gasteiger partial charge >= 0.3 is 6.09 Å². The van der Waals surface area contributed by atoms with Crippen LogP contribution in [0.3, 0.4) is 0 Å². The summed E-state index contributed by atoms with van der Waals surface area (Å²) in [5.41, 5.74) is 1.51. The van der Waals surface area contributed by atoms with E-state index in [0.29, 0.717) is 11.2 Å². The molecule has 1 amide bonds. The van der Waals surface area contributed by atoms with E-state index in [9.17, 15) is 4.79 Å². The zero-order chi connectivity index (χ0) is 17.0. The second kappa shape index (κ2) is 7.39. The molecule has 0 spiro atoms. The van der Waals surface area contributed by atoms with Gasteiger partial charge in [0.25, 0.3) is 0 Å². The van der Waals surface area contributed by atoms with Crippen LogP contribution in [0.15, 0.2) is 12.3 Å². The van der Waals surface area contributed by atoms with Crippen molar-refractivity contribution in [2.45, 2.75) is 71.1 Å². The van der Waals surface area contributed by atoms with Crippen LogP contribution in [0.2, 0.25) is 5.15 Å². The number of nitrogens with one attached hydrogen (secondary N) is 2. The van der Waals surface area contributed by atoms with Crippen molar-refractivity contribution in [1.82, 2.24) is 10.3 Å². The Morgan fingerprint density at radius 1 is 1.26 bits per heavy atom. The maximum absolute atomic E-state index is 11.8. The van der Waals surface area contributed by atoms with E-state index in [1.54, 1.807) is 6.20 Å². The summed E-state index contributed by atoms with van der Waals surface area (Å²) in [4.78, 5) is 16.0. The third-order valence-electron chi connectivity index (χ3n) is 3.83. The summed E-state index contributed by atoms with van der Waals surface area (Å²) < 4.78 is 5.30. The Labute approximate surface area is 143 Å². The lowest BCUT2D eigenvalue weighted by atomic mass is 9.91. The third kappa shape index (κ3) is 5.90. The lowest BCUT2D eigenvalue weighted by Crippen LogP contribution is -2.42. The average Bonchev–Trinajstić information content (AvgIpc) is 2.43. The van der Waals surface area contributed by atoms with Crippen molar-refractivity contribution in [1.29, 1.82) is 0 Å². The smallest absolute Gasteiger partial charge is 0.407 e. The Balaban J connectivity index is 1.77. The van der Waals surface area contributed by atoms with Crippen LogP contribution < -0.4 is 10.6 Å². The first-order valence-electron chi connectivity index (χ1n) is 8.11. The monoisotopic (exact) mass is 339 g/mol. The van der Waals surface area contributed by atoms with Gasteiger partial charge < -0.3 is 15.4 Å². The van der Waals surface area contributed by atoms with Crippen LogP contribution in [0.1, 0.15) is 52.0 Å². The van der Waals surface area contributed by atoms with E-state index >= 15 is 0 Å². The molecule has 128 valence electrons. The number of hydrogen-bond donors (Lipinski definition) is 2. The number of aryl methyl sites for hydroxylation is 1. The van der Waals surface area contributed by atoms with Gasteiger partial charge in [0.05, 0.1) is 11.9 Å². The van der Waals surface area contributed by atoms with Gasteiger partial charge in [0.15, 0.2) is 0 Å². The van der Waals surface area contributed by atoms with Gasteiger partial charge in [0.1, 0.15) is 10.8 Å². The molecular formula is C17H26ClN3O2. The Hall–Kier alpha value is -1.49. The number of amides is 1. The number of hydrogen-bond acceptors (Lipinski definition) is 4. The topological polar surface area (TPSA) is 63.2 Å². The first kappa shape index (κ1) is 17.9. The van der Waals surface area contributed by atoms with E-state index in [2.05, 4.69) is 15.6 Å². The zero-order valence-corrected chi connectivity index (χ0v) is 15.0. The number of anilines is 1. The molecule has 0 aliphatic heterocycles. The lowest BCUT2D eigenvalue weighted by molar-refractivity contribution is 0.0492. The molecule has 2 N–H and O–H groups in total. The maximum atomic E-state index is 11.8. The van der Waals surface area contributed by atoms with E-state index in [4.69, 9.17) is 16.3 Å². The van der Waals surface area contributed by atoms with Crippen LogP contribution in [0.5, 0.6) is 0 Å². The van der Waals surface area contributed by atoms with Crippen molar-refractivity contribution < 1.29 is 9.53 Å². The highest BCUT2D eigenvalue weighted by atomic mass is 35.5. The van der Waals surface area contributed by atoms with Gasteiger partial charge in [-0.1, -0.05) is 11.6 Å². The predicted octanol–water partition coefficient (Wildman–Crippen LogP) is 4.29. The van der Waals surface area contributed by atoms with Crippen LogP contribution >= 0.6 is 11.6 Å². The number of aromatic nitrogens is 1. The van der Waals surface area contributed by atoms with Crippen molar-refractivity contribution in [2.24, 2.45) is 0 Å². The van der Waals surface area contributed by atoms with Crippen molar-refractivity contribution in [3.63, 3.8) is 0 Å². The van der Waals surface area contributed by atoms with Gasteiger partial charge in [-0.3, -0.25) is 0 Å². The average molecular weight is 340 g/mol. The molecule has 1 aliphatic carbocycles. The summed E-state index contributed by atoms with van der Waals surface area (Å²) in [6.07, 6.45) is 5.32. The fraction of sp³-hybridized carbons (Fsp3) is 0.647. The van der Waals surface area contributed by atoms with Gasteiger partial charge in [-0.05, 0) is 65.0 Å². The van der Waals surface area contributed by atoms with Crippen LogP contribution in [0.25, 0.3) is 0 Å². The molecule has 2 rings (SSSR count). The molecular weight excluding hydrogens is 314 g/mol. The molecule has 0 unspecified atom stereocenters. The fourth-order valence-corrected chi connectivity index (χ4v) is 2.83. The molecule has 1 saturated carbocycles. The van der Waals surface area contributed by atoms with Gasteiger partial charge in [-0.15, -0.1) is 0 Å². The number of rotatable bonds is 3. The van der Waals surface area contributed by atoms with Crippen LogP contribution in [-0.2, 0) is 4.74 Å². The van der Waals surface area contributed by atoms with Crippen molar-refractivity contribution in [2.75, 3.05) is 5.32 Å². The van der Waals surface area contributed by atoms with Crippen LogP contribution in [-0.4, -0.2) is 28.8 Å². The van der Waals surface area contributed by atoms with Gasteiger partial charge in [-0.25, -0.2) is 9.78 Å². The largest absolute Gasteiger partial charge is 0.444 e. The molecule has 1 fully saturated rings. The van der Waals surface area contributed by atoms with Crippen molar-refractivity contribution in [3.8, 4) is 0 Å². The standard InChI is InChI=1S/C17H26ClN3O2/c1-11-9-14(10-19-15(11)18)20-12-5-7-13(8-6-12)21-16(22)23-17(2,3)4/h9-10,12-13,20H,5-8H2,1-4H3,(H,21,22). The number of nitrogens with zero attached hydrogens (tertiary/aromatic N) is 1. The third-order valence-corrected chi connectivity index (χ3v) is 4.23. The van der Waals surface area contributed by atoms with E-state index in [1.807, 2.05) is 33.8 Å². The summed E-state index contributed by atoms with van der Waals surface area (Å²) in [6.45, 7) is 7.56. The van der Waals surface area contributed by atoms with E-state index in [1.165, 1.54) is 0 Å². The summed E-state index contributed by atoms with van der Waals surface area (Å²) in [5, 5.41) is 7.00. The number of carbonyl (C=O) groups excluding carboxylic acids is 1. The van der Waals surface area contributed by atoms with Crippen LogP contribution in [0, 0.1) is 6.92 Å². The Kier molecular flexibility index (Phi) is 5.74. The SMILES string of the molecule is Cc1cc(NC2CCC(NC(=O)OC(C)(C)C)CC2)cnc1Cl. The van der Waals surface area contributed by atoms with Gasteiger partial charge in [0, 0.05) is 12.1 Å². The Morgan fingerprint density at radius 2 is 1.87 bits per heavy atom. The molecule has 23 heavy (non-hydrogen) atoms. The van der Waals surface area contributed by atoms with Gasteiger partial charge in [-0.2, -0.15) is 0 Å². The Bertz CT molecular complexity index is 549. The molecule has 1 heterocycles. The fourth-order valence-electron chi connectivity index (χ4n) is 2.73. The predicted molar refractivity (Wildman–Crippen MR) is 93.0 cm³/mol. The second-order valence-electron chi connectivity index (χ2n) is 7.17. The second-order valence-corrected chi connectivity index (χ2v) is 7.53. The van der Waals surface area contributed by atoms with Crippen molar-refractivity contribution in [3.05, 3.63) is 23.0 Å². The minimum absolute atomic E-state index is 0.188. The molecule has 0 radical (unpaired) electrons. The first-order valence-corrected chi connectivity index (χ1v) is 8.49. The highest BCUT2D eigenvalue weighted by Gasteiger charge is 2.24. The molecule has 5 nitrogen and oxygen atoms in total. The van der Waals surface area contributed by atoms with Gasteiger partial charge in [0.2, 0.25) is 0 Å². The molecule has 6 heteroatoms. The maximum Gasteiger partial charge on any atom is 0.407 e. The molecule has 1 aliphatic rings. The summed E-state index contributed by atoms with van der Waals surface area (Å²) >= 11 is 5.95. The minimum Gasteiger partial charge on any atom is -0.444 e. The lowest BCUT2D eigenvalue weighted by Gasteiger charge is -2.31. The zero-order valence-electron chi connectivity index (χ0n) is 14.3. The Morgan fingerprint density at radius 3 is 2.43 bits per heavy atom. The van der Waals surface area contributed by atoms with Crippen LogP contribution in [0.4, 0.5) is 10.5 Å². The highest BCUT2D eigenvalue weighted by molar-refractivity contribution is 6.30.